The Morgan fingerprint density at radius 3 is 2.84 bits per heavy atom. The molecular formula is C22H25N3. The van der Waals surface area contributed by atoms with Crippen molar-refractivity contribution in [1.82, 2.24) is 9.88 Å². The largest absolute Gasteiger partial charge is 0.381 e. The zero-order chi connectivity index (χ0) is 17.1. The number of aryl methyl sites for hydroxylation is 1. The summed E-state index contributed by atoms with van der Waals surface area (Å²) < 4.78 is 0. The number of piperidine rings is 1. The van der Waals surface area contributed by atoms with Crippen LogP contribution >= 0.6 is 0 Å². The maximum absolute atomic E-state index is 4.19. The van der Waals surface area contributed by atoms with Gasteiger partial charge in [0.05, 0.1) is 0 Å². The molecule has 2 aromatic carbocycles. The summed E-state index contributed by atoms with van der Waals surface area (Å²) in [5.74, 6) is 0. The first kappa shape index (κ1) is 16.1. The molecule has 1 N–H and O–H groups in total. The highest BCUT2D eigenvalue weighted by Gasteiger charge is 2.19. The van der Waals surface area contributed by atoms with Gasteiger partial charge in [-0.15, -0.1) is 0 Å². The summed E-state index contributed by atoms with van der Waals surface area (Å²) in [5.41, 5.74) is 3.94. The fourth-order valence-corrected chi connectivity index (χ4v) is 3.68. The fraction of sp³-hybridized carbons (Fsp3) is 0.318. The van der Waals surface area contributed by atoms with Gasteiger partial charge in [0.15, 0.2) is 0 Å². The summed E-state index contributed by atoms with van der Waals surface area (Å²) in [7, 11) is 0. The van der Waals surface area contributed by atoms with Crippen LogP contribution in [0.3, 0.4) is 0 Å². The first-order chi connectivity index (χ1) is 12.3. The second-order valence-corrected chi connectivity index (χ2v) is 7.14. The van der Waals surface area contributed by atoms with Crippen LogP contribution in [0.25, 0.3) is 10.8 Å². The minimum absolute atomic E-state index is 0.512. The van der Waals surface area contributed by atoms with Crippen LogP contribution in [-0.4, -0.2) is 29.0 Å². The van der Waals surface area contributed by atoms with Gasteiger partial charge in [0.25, 0.3) is 0 Å². The first-order valence-electron chi connectivity index (χ1n) is 9.14. The van der Waals surface area contributed by atoms with E-state index in [2.05, 4.69) is 70.7 Å². The van der Waals surface area contributed by atoms with E-state index in [0.29, 0.717) is 6.04 Å². The van der Waals surface area contributed by atoms with Crippen LogP contribution in [0.4, 0.5) is 5.69 Å². The van der Waals surface area contributed by atoms with Gasteiger partial charge in [0.1, 0.15) is 0 Å². The average molecular weight is 331 g/mol. The summed E-state index contributed by atoms with van der Waals surface area (Å²) in [6.45, 7) is 5.48. The molecule has 0 spiro atoms. The monoisotopic (exact) mass is 331 g/mol. The van der Waals surface area contributed by atoms with Gasteiger partial charge in [-0.1, -0.05) is 35.9 Å². The zero-order valence-electron chi connectivity index (χ0n) is 14.8. The Morgan fingerprint density at radius 2 is 1.96 bits per heavy atom. The Morgan fingerprint density at radius 1 is 1.08 bits per heavy atom. The number of nitrogens with zero attached hydrogens (tertiary/aromatic N) is 2. The molecule has 25 heavy (non-hydrogen) atoms. The number of nitrogens with one attached hydrogen (secondary N) is 1. The predicted molar refractivity (Wildman–Crippen MR) is 105 cm³/mol. The molecule has 4 rings (SSSR count). The van der Waals surface area contributed by atoms with Gasteiger partial charge in [-0.25, -0.2) is 0 Å². The number of aromatic nitrogens is 1. The standard InChI is InChI=1S/C22H25N3/c1-17-4-6-18(7-5-17)15-25-12-2-3-22(16-25)24-21-9-8-20-14-23-11-10-19(20)13-21/h4-11,13-14,22,24H,2-3,12,15-16H2,1H3. The van der Waals surface area contributed by atoms with E-state index in [-0.39, 0.29) is 0 Å². The van der Waals surface area contributed by atoms with Gasteiger partial charge < -0.3 is 5.32 Å². The number of benzene rings is 2. The van der Waals surface area contributed by atoms with Crippen molar-refractivity contribution in [2.75, 3.05) is 18.4 Å². The van der Waals surface area contributed by atoms with Gasteiger partial charge in [-0.2, -0.15) is 0 Å². The Labute approximate surface area is 149 Å². The van der Waals surface area contributed by atoms with Gasteiger partial charge in [-0.3, -0.25) is 9.88 Å². The first-order valence-corrected chi connectivity index (χ1v) is 9.14. The lowest BCUT2D eigenvalue weighted by molar-refractivity contribution is 0.208. The molecule has 128 valence electrons. The summed E-state index contributed by atoms with van der Waals surface area (Å²) in [6, 6.07) is 18.1. The number of likely N-dealkylation sites (tertiary alicyclic amines) is 1. The van der Waals surface area contributed by atoms with E-state index < -0.39 is 0 Å². The molecule has 1 aliphatic heterocycles. The van der Waals surface area contributed by atoms with Gasteiger partial charge >= 0.3 is 0 Å². The summed E-state index contributed by atoms with van der Waals surface area (Å²) >= 11 is 0. The maximum atomic E-state index is 4.19. The molecule has 1 aliphatic rings. The lowest BCUT2D eigenvalue weighted by atomic mass is 10.0. The number of hydrogen-bond donors (Lipinski definition) is 1. The van der Waals surface area contributed by atoms with Crippen LogP contribution in [0.15, 0.2) is 60.9 Å². The molecule has 3 aromatic rings. The number of fused-ring (bicyclic) bond motifs is 1. The summed E-state index contributed by atoms with van der Waals surface area (Å²) in [4.78, 5) is 6.75. The Hall–Kier alpha value is -2.39. The van der Waals surface area contributed by atoms with Crippen molar-refractivity contribution in [1.29, 1.82) is 0 Å². The van der Waals surface area contributed by atoms with Gasteiger partial charge in [0.2, 0.25) is 0 Å². The van der Waals surface area contributed by atoms with E-state index in [1.807, 2.05) is 12.4 Å². The molecule has 0 bridgehead atoms. The molecule has 0 radical (unpaired) electrons. The van der Waals surface area contributed by atoms with Crippen molar-refractivity contribution >= 4 is 16.5 Å². The summed E-state index contributed by atoms with van der Waals surface area (Å²) in [6.07, 6.45) is 6.26. The van der Waals surface area contributed by atoms with Gasteiger partial charge in [-0.05, 0) is 55.5 Å². The number of anilines is 1. The minimum atomic E-state index is 0.512. The maximum Gasteiger partial charge on any atom is 0.0389 e. The van der Waals surface area contributed by atoms with E-state index >= 15 is 0 Å². The quantitative estimate of drug-likeness (QED) is 0.756. The average Bonchev–Trinajstić information content (AvgIpc) is 2.64. The molecule has 2 heterocycles. The molecule has 1 unspecified atom stereocenters. The van der Waals surface area contributed by atoms with Crippen LogP contribution in [0, 0.1) is 6.92 Å². The predicted octanol–water partition coefficient (Wildman–Crippen LogP) is 4.62. The third-order valence-electron chi connectivity index (χ3n) is 5.04. The van der Waals surface area contributed by atoms with Gasteiger partial charge in [0, 0.05) is 42.6 Å². The molecule has 3 heteroatoms. The third-order valence-corrected chi connectivity index (χ3v) is 5.04. The van der Waals surface area contributed by atoms with Crippen molar-refractivity contribution in [3.05, 3.63) is 72.1 Å². The normalized spacial score (nSPS) is 18.4. The highest BCUT2D eigenvalue weighted by Crippen LogP contribution is 2.22. The Bertz CT molecular complexity index is 841. The molecule has 1 atom stereocenters. The molecule has 1 aromatic heterocycles. The molecule has 0 aliphatic carbocycles. The Kier molecular flexibility index (Phi) is 4.66. The van der Waals surface area contributed by atoms with E-state index in [0.717, 1.165) is 13.1 Å². The SMILES string of the molecule is Cc1ccc(CN2CCCC(Nc3ccc4cnccc4c3)C2)cc1. The molecule has 1 saturated heterocycles. The molecule has 0 amide bonds. The molecule has 1 fully saturated rings. The van der Waals surface area contributed by atoms with Crippen molar-refractivity contribution in [2.24, 2.45) is 0 Å². The smallest absolute Gasteiger partial charge is 0.0389 e. The third kappa shape index (κ3) is 3.99. The highest BCUT2D eigenvalue weighted by molar-refractivity contribution is 5.84. The van der Waals surface area contributed by atoms with Crippen LogP contribution in [0.5, 0.6) is 0 Å². The topological polar surface area (TPSA) is 28.2 Å². The number of pyridine rings is 1. The van der Waals surface area contributed by atoms with E-state index in [1.165, 1.54) is 47.0 Å². The molecule has 3 nitrogen and oxygen atoms in total. The van der Waals surface area contributed by atoms with Crippen molar-refractivity contribution in [3.63, 3.8) is 0 Å². The van der Waals surface area contributed by atoms with Crippen molar-refractivity contribution in [3.8, 4) is 0 Å². The number of rotatable bonds is 4. The minimum Gasteiger partial charge on any atom is -0.381 e. The second-order valence-electron chi connectivity index (χ2n) is 7.14. The van der Waals surface area contributed by atoms with Crippen LogP contribution in [0.2, 0.25) is 0 Å². The molecule has 0 saturated carbocycles. The highest BCUT2D eigenvalue weighted by atomic mass is 15.2. The molecular weight excluding hydrogens is 306 g/mol. The summed E-state index contributed by atoms with van der Waals surface area (Å²) in [5, 5.41) is 6.17. The zero-order valence-corrected chi connectivity index (χ0v) is 14.8. The fourth-order valence-electron chi connectivity index (χ4n) is 3.68. The van der Waals surface area contributed by atoms with Crippen molar-refractivity contribution in [2.45, 2.75) is 32.4 Å². The van der Waals surface area contributed by atoms with Crippen LogP contribution in [-0.2, 0) is 6.54 Å². The second kappa shape index (κ2) is 7.24. The van der Waals surface area contributed by atoms with Crippen LogP contribution in [0.1, 0.15) is 24.0 Å². The Balaban J connectivity index is 1.41. The van der Waals surface area contributed by atoms with E-state index in [4.69, 9.17) is 0 Å². The van der Waals surface area contributed by atoms with E-state index in [1.54, 1.807) is 0 Å². The lowest BCUT2D eigenvalue weighted by Gasteiger charge is -2.33. The lowest BCUT2D eigenvalue weighted by Crippen LogP contribution is -2.41. The van der Waals surface area contributed by atoms with Crippen LogP contribution < -0.4 is 5.32 Å². The van der Waals surface area contributed by atoms with E-state index in [9.17, 15) is 0 Å². The number of hydrogen-bond acceptors (Lipinski definition) is 3. The van der Waals surface area contributed by atoms with Crippen molar-refractivity contribution < 1.29 is 0 Å².